The second-order valence-electron chi connectivity index (χ2n) is 4.77. The van der Waals surface area contributed by atoms with Crippen LogP contribution in [0.1, 0.15) is 31.7 Å². The Hall–Kier alpha value is -2.23. The lowest BCUT2D eigenvalue weighted by molar-refractivity contribution is 0.411. The summed E-state index contributed by atoms with van der Waals surface area (Å²) >= 11 is 0. The van der Waals surface area contributed by atoms with E-state index in [4.69, 9.17) is 10.5 Å². The van der Waals surface area contributed by atoms with Crippen LogP contribution in [0.25, 0.3) is 0 Å². The highest BCUT2D eigenvalue weighted by atomic mass is 16.5. The molecule has 4 nitrogen and oxygen atoms in total. The highest BCUT2D eigenvalue weighted by Crippen LogP contribution is 2.33. The number of aryl methyl sites for hydroxylation is 1. The minimum Gasteiger partial charge on any atom is -0.504 e. The number of anilines is 1. The van der Waals surface area contributed by atoms with Gasteiger partial charge in [-0.3, -0.25) is 4.98 Å². The highest BCUT2D eigenvalue weighted by molar-refractivity contribution is 5.53. The van der Waals surface area contributed by atoms with Crippen LogP contribution in [-0.2, 0) is 6.42 Å². The largest absolute Gasteiger partial charge is 0.504 e. The first-order valence-electron chi connectivity index (χ1n) is 6.90. The van der Waals surface area contributed by atoms with Gasteiger partial charge in [0.2, 0.25) is 0 Å². The van der Waals surface area contributed by atoms with Crippen molar-refractivity contribution in [2.24, 2.45) is 0 Å². The lowest BCUT2D eigenvalue weighted by atomic mass is 10.1. The molecule has 0 aliphatic carbocycles. The summed E-state index contributed by atoms with van der Waals surface area (Å²) in [5.41, 5.74) is 7.39. The number of nitrogen functional groups attached to an aromatic ring is 1. The summed E-state index contributed by atoms with van der Waals surface area (Å²) in [4.78, 5) is 3.95. The number of hydrogen-bond donors (Lipinski definition) is 2. The molecule has 2 rings (SSSR count). The maximum atomic E-state index is 10.0. The molecule has 0 saturated heterocycles. The fraction of sp³-hybridized carbons (Fsp3) is 0.312. The molecule has 1 aromatic heterocycles. The first-order chi connectivity index (χ1) is 9.70. The molecule has 0 aliphatic rings. The number of ether oxygens (including phenoxy) is 1. The lowest BCUT2D eigenvalue weighted by Crippen LogP contribution is -1.93. The van der Waals surface area contributed by atoms with Gasteiger partial charge in [-0.05, 0) is 36.6 Å². The summed E-state index contributed by atoms with van der Waals surface area (Å²) in [6, 6.07) is 7.14. The molecule has 0 radical (unpaired) electrons. The van der Waals surface area contributed by atoms with Crippen molar-refractivity contribution in [3.8, 4) is 17.2 Å². The Labute approximate surface area is 119 Å². The molecule has 2 aromatic rings. The summed E-state index contributed by atoms with van der Waals surface area (Å²) < 4.78 is 5.58. The zero-order chi connectivity index (χ0) is 14.4. The van der Waals surface area contributed by atoms with E-state index in [1.807, 2.05) is 6.07 Å². The number of hydrogen-bond acceptors (Lipinski definition) is 4. The number of benzene rings is 1. The lowest BCUT2D eigenvalue weighted by Gasteiger charge is -2.10. The van der Waals surface area contributed by atoms with Gasteiger partial charge in [0.1, 0.15) is 0 Å². The van der Waals surface area contributed by atoms with Gasteiger partial charge in [-0.25, -0.2) is 0 Å². The van der Waals surface area contributed by atoms with E-state index < -0.39 is 0 Å². The molecule has 0 spiro atoms. The summed E-state index contributed by atoms with van der Waals surface area (Å²) in [5, 5.41) is 10.0. The zero-order valence-electron chi connectivity index (χ0n) is 11.7. The first kappa shape index (κ1) is 14.2. The van der Waals surface area contributed by atoms with Crippen LogP contribution in [0.5, 0.6) is 17.2 Å². The van der Waals surface area contributed by atoms with Crippen LogP contribution >= 0.6 is 0 Å². The smallest absolute Gasteiger partial charge is 0.169 e. The molecule has 0 atom stereocenters. The number of aromatic hydroxyl groups is 1. The minimum absolute atomic E-state index is 0.127. The summed E-state index contributed by atoms with van der Waals surface area (Å²) in [6.45, 7) is 2.17. The molecule has 4 heteroatoms. The molecule has 1 aromatic carbocycles. The number of nitrogens with zero attached hydrogens (tertiary/aromatic N) is 1. The fourth-order valence-corrected chi connectivity index (χ4v) is 1.98. The van der Waals surface area contributed by atoms with Crippen molar-refractivity contribution in [1.29, 1.82) is 0 Å². The van der Waals surface area contributed by atoms with E-state index in [0.29, 0.717) is 17.2 Å². The van der Waals surface area contributed by atoms with E-state index >= 15 is 0 Å². The van der Waals surface area contributed by atoms with Crippen molar-refractivity contribution < 1.29 is 9.84 Å². The van der Waals surface area contributed by atoms with Crippen LogP contribution in [0, 0.1) is 0 Å². The normalized spacial score (nSPS) is 10.4. The van der Waals surface area contributed by atoms with Gasteiger partial charge < -0.3 is 15.6 Å². The van der Waals surface area contributed by atoms with Gasteiger partial charge in [0, 0.05) is 6.20 Å². The van der Waals surface area contributed by atoms with Crippen LogP contribution in [-0.4, -0.2) is 10.1 Å². The van der Waals surface area contributed by atoms with E-state index in [-0.39, 0.29) is 5.75 Å². The molecule has 0 bridgehead atoms. The summed E-state index contributed by atoms with van der Waals surface area (Å²) in [7, 11) is 0. The third-order valence-electron chi connectivity index (χ3n) is 3.13. The highest BCUT2D eigenvalue weighted by Gasteiger charge is 2.07. The number of phenolic OH excluding ortho intramolecular Hbond substituents is 1. The molecule has 3 N–H and O–H groups in total. The van der Waals surface area contributed by atoms with Crippen molar-refractivity contribution in [2.45, 2.75) is 32.6 Å². The molecular weight excluding hydrogens is 252 g/mol. The van der Waals surface area contributed by atoms with Crippen LogP contribution in [0.2, 0.25) is 0 Å². The fourth-order valence-electron chi connectivity index (χ4n) is 1.98. The van der Waals surface area contributed by atoms with Crippen molar-refractivity contribution in [3.05, 3.63) is 42.2 Å². The second-order valence-corrected chi connectivity index (χ2v) is 4.77. The van der Waals surface area contributed by atoms with Crippen molar-refractivity contribution in [2.75, 3.05) is 5.73 Å². The molecule has 0 amide bonds. The van der Waals surface area contributed by atoms with Crippen molar-refractivity contribution >= 4 is 5.69 Å². The van der Waals surface area contributed by atoms with Crippen LogP contribution in [0.15, 0.2) is 36.7 Å². The maximum absolute atomic E-state index is 10.0. The number of phenols is 1. The predicted octanol–water partition coefficient (Wildman–Crippen LogP) is 3.89. The average Bonchev–Trinajstić information content (AvgIpc) is 2.44. The van der Waals surface area contributed by atoms with E-state index in [0.717, 1.165) is 18.4 Å². The van der Waals surface area contributed by atoms with Gasteiger partial charge in [-0.1, -0.05) is 25.8 Å². The molecular formula is C16H20N2O2. The number of nitrogens with two attached hydrogens (primary N) is 1. The molecule has 20 heavy (non-hydrogen) atoms. The quantitative estimate of drug-likeness (QED) is 0.783. The SMILES string of the molecule is CCCCCc1ccc(Oc2cnccc2N)c(O)c1. The minimum atomic E-state index is 0.127. The number of rotatable bonds is 6. The van der Waals surface area contributed by atoms with Crippen LogP contribution in [0.3, 0.4) is 0 Å². The Morgan fingerprint density at radius 2 is 2.05 bits per heavy atom. The average molecular weight is 272 g/mol. The summed E-state index contributed by atoms with van der Waals surface area (Å²) in [5.74, 6) is 0.965. The van der Waals surface area contributed by atoms with Gasteiger partial charge in [0.15, 0.2) is 17.2 Å². The predicted molar refractivity (Wildman–Crippen MR) is 80.1 cm³/mol. The third-order valence-corrected chi connectivity index (χ3v) is 3.13. The zero-order valence-corrected chi connectivity index (χ0v) is 11.7. The van der Waals surface area contributed by atoms with Gasteiger partial charge in [0.05, 0.1) is 11.9 Å². The maximum Gasteiger partial charge on any atom is 0.169 e. The Bertz CT molecular complexity index is 570. The third kappa shape index (κ3) is 3.63. The Kier molecular flexibility index (Phi) is 4.82. The Balaban J connectivity index is 2.08. The van der Waals surface area contributed by atoms with Crippen molar-refractivity contribution in [3.63, 3.8) is 0 Å². The molecule has 0 aliphatic heterocycles. The second kappa shape index (κ2) is 6.80. The molecule has 0 saturated carbocycles. The van der Waals surface area contributed by atoms with Crippen LogP contribution < -0.4 is 10.5 Å². The van der Waals surface area contributed by atoms with Gasteiger partial charge in [0.25, 0.3) is 0 Å². The van der Waals surface area contributed by atoms with E-state index in [1.165, 1.54) is 19.0 Å². The standard InChI is InChI=1S/C16H20N2O2/c1-2-3-4-5-12-6-7-15(14(19)10-12)20-16-11-18-9-8-13(16)17/h6-11,19H,2-5H2,1H3,(H2,17,18). The number of pyridine rings is 1. The first-order valence-corrected chi connectivity index (χ1v) is 6.90. The van der Waals surface area contributed by atoms with E-state index in [9.17, 15) is 5.11 Å². The topological polar surface area (TPSA) is 68.4 Å². The van der Waals surface area contributed by atoms with E-state index in [1.54, 1.807) is 24.4 Å². The Morgan fingerprint density at radius 3 is 2.75 bits per heavy atom. The van der Waals surface area contributed by atoms with Gasteiger partial charge in [-0.2, -0.15) is 0 Å². The van der Waals surface area contributed by atoms with Crippen LogP contribution in [0.4, 0.5) is 5.69 Å². The van der Waals surface area contributed by atoms with Crippen molar-refractivity contribution in [1.82, 2.24) is 4.98 Å². The number of aromatic nitrogens is 1. The molecule has 0 unspecified atom stereocenters. The summed E-state index contributed by atoms with van der Waals surface area (Å²) in [6.07, 6.45) is 7.61. The molecule has 106 valence electrons. The van der Waals surface area contributed by atoms with Gasteiger partial charge >= 0.3 is 0 Å². The molecule has 0 fully saturated rings. The molecule has 1 heterocycles. The monoisotopic (exact) mass is 272 g/mol. The Morgan fingerprint density at radius 1 is 1.20 bits per heavy atom. The van der Waals surface area contributed by atoms with E-state index in [2.05, 4.69) is 11.9 Å². The van der Waals surface area contributed by atoms with Gasteiger partial charge in [-0.15, -0.1) is 0 Å². The number of unbranched alkanes of at least 4 members (excludes halogenated alkanes) is 2.